The number of hydrogen-bond donors (Lipinski definition) is 2. The molecule has 0 radical (unpaired) electrons. The molecular formula is C17H15ClN6O2. The van der Waals surface area contributed by atoms with Crippen molar-refractivity contribution < 1.29 is 4.92 Å². The van der Waals surface area contributed by atoms with Gasteiger partial charge < -0.3 is 16.0 Å². The third-order valence-corrected chi connectivity index (χ3v) is 3.85. The van der Waals surface area contributed by atoms with Crippen LogP contribution < -0.4 is 16.0 Å². The lowest BCUT2D eigenvalue weighted by atomic mass is 10.3. The molecule has 0 fully saturated rings. The van der Waals surface area contributed by atoms with E-state index in [1.807, 2.05) is 30.3 Å². The molecule has 2 aromatic carbocycles. The fraction of sp³-hybridized carbons (Fsp3) is 0.0588. The summed E-state index contributed by atoms with van der Waals surface area (Å²) in [5, 5.41) is 14.8. The monoisotopic (exact) mass is 370 g/mol. The van der Waals surface area contributed by atoms with Crippen LogP contribution in [0.15, 0.2) is 54.6 Å². The number of para-hydroxylation sites is 1. The van der Waals surface area contributed by atoms with Crippen molar-refractivity contribution in [3.8, 4) is 0 Å². The number of benzene rings is 2. The minimum atomic E-state index is -0.617. The van der Waals surface area contributed by atoms with Gasteiger partial charge in [0.15, 0.2) is 0 Å². The number of nitrogens with zero attached hydrogens (tertiary/aromatic N) is 4. The standard InChI is InChI=1S/C17H15ClN6O2/c1-23(13-8-3-2-4-9-13)17-21-15(19)14(24(25)26)16(22-17)20-12-7-5-6-11(18)10-12/h2-10H,1H3,(H3,19,20,21,22). The zero-order valence-corrected chi connectivity index (χ0v) is 14.5. The largest absolute Gasteiger partial charge is 0.378 e. The molecule has 0 saturated carbocycles. The van der Waals surface area contributed by atoms with Gasteiger partial charge in [-0.2, -0.15) is 9.97 Å². The molecule has 26 heavy (non-hydrogen) atoms. The summed E-state index contributed by atoms with van der Waals surface area (Å²) in [4.78, 5) is 20.9. The molecule has 0 aliphatic rings. The van der Waals surface area contributed by atoms with E-state index < -0.39 is 10.6 Å². The number of nitrogens with one attached hydrogen (secondary N) is 1. The summed E-state index contributed by atoms with van der Waals surface area (Å²) in [5.41, 5.74) is 6.81. The zero-order valence-electron chi connectivity index (χ0n) is 13.8. The highest BCUT2D eigenvalue weighted by Crippen LogP contribution is 2.33. The number of halogens is 1. The molecule has 0 atom stereocenters. The Bertz CT molecular complexity index is 951. The van der Waals surface area contributed by atoms with Crippen molar-refractivity contribution in [2.75, 3.05) is 23.0 Å². The molecular weight excluding hydrogens is 356 g/mol. The Labute approximate surface area is 154 Å². The molecule has 3 rings (SSSR count). The number of nitrogens with two attached hydrogens (primary N) is 1. The van der Waals surface area contributed by atoms with E-state index in [1.54, 1.807) is 36.2 Å². The summed E-state index contributed by atoms with van der Waals surface area (Å²) >= 11 is 5.97. The summed E-state index contributed by atoms with van der Waals surface area (Å²) in [6, 6.07) is 16.1. The van der Waals surface area contributed by atoms with Gasteiger partial charge in [-0.3, -0.25) is 10.1 Å². The zero-order chi connectivity index (χ0) is 18.7. The Balaban J connectivity index is 2.06. The first-order chi connectivity index (χ1) is 12.5. The summed E-state index contributed by atoms with van der Waals surface area (Å²) in [6.45, 7) is 0. The highest BCUT2D eigenvalue weighted by Gasteiger charge is 2.24. The first kappa shape index (κ1) is 17.4. The van der Waals surface area contributed by atoms with E-state index in [9.17, 15) is 10.1 Å². The summed E-state index contributed by atoms with van der Waals surface area (Å²) in [7, 11) is 1.75. The van der Waals surface area contributed by atoms with Crippen LogP contribution in [-0.4, -0.2) is 21.9 Å². The lowest BCUT2D eigenvalue weighted by molar-refractivity contribution is -0.383. The van der Waals surface area contributed by atoms with Gasteiger partial charge in [-0.1, -0.05) is 35.9 Å². The van der Waals surface area contributed by atoms with Gasteiger partial charge in [-0.05, 0) is 30.3 Å². The summed E-state index contributed by atoms with van der Waals surface area (Å²) in [5.74, 6) is -0.0151. The minimum Gasteiger partial charge on any atom is -0.378 e. The van der Waals surface area contributed by atoms with Gasteiger partial charge in [-0.25, -0.2) is 0 Å². The Morgan fingerprint density at radius 3 is 2.54 bits per heavy atom. The first-order valence-corrected chi connectivity index (χ1v) is 7.97. The van der Waals surface area contributed by atoms with Crippen LogP contribution in [0.5, 0.6) is 0 Å². The van der Waals surface area contributed by atoms with E-state index in [1.165, 1.54) is 0 Å². The number of aromatic nitrogens is 2. The number of rotatable bonds is 5. The molecule has 0 unspecified atom stereocenters. The van der Waals surface area contributed by atoms with Gasteiger partial charge in [0.2, 0.25) is 17.6 Å². The third-order valence-electron chi connectivity index (χ3n) is 3.61. The van der Waals surface area contributed by atoms with Crippen LogP contribution >= 0.6 is 11.6 Å². The van der Waals surface area contributed by atoms with Gasteiger partial charge in [0, 0.05) is 23.4 Å². The maximum Gasteiger partial charge on any atom is 0.353 e. The molecule has 0 saturated heterocycles. The molecule has 1 heterocycles. The van der Waals surface area contributed by atoms with Gasteiger partial charge in [0.1, 0.15) is 0 Å². The van der Waals surface area contributed by atoms with Crippen LogP contribution in [0.3, 0.4) is 0 Å². The van der Waals surface area contributed by atoms with E-state index in [2.05, 4.69) is 15.3 Å². The molecule has 0 aliphatic carbocycles. The van der Waals surface area contributed by atoms with Gasteiger partial charge in [0.25, 0.3) is 0 Å². The number of nitro groups is 1. The molecule has 8 nitrogen and oxygen atoms in total. The van der Waals surface area contributed by atoms with Crippen molar-refractivity contribution in [1.29, 1.82) is 0 Å². The minimum absolute atomic E-state index is 0.0115. The van der Waals surface area contributed by atoms with Gasteiger partial charge >= 0.3 is 5.69 Å². The lowest BCUT2D eigenvalue weighted by Crippen LogP contribution is -2.16. The predicted octanol–water partition coefficient (Wildman–Crippen LogP) is 4.13. The van der Waals surface area contributed by atoms with Gasteiger partial charge in [0.05, 0.1) is 4.92 Å². The van der Waals surface area contributed by atoms with E-state index >= 15 is 0 Å². The Hall–Kier alpha value is -3.39. The van der Waals surface area contributed by atoms with Crippen molar-refractivity contribution in [2.45, 2.75) is 0 Å². The maximum atomic E-state index is 11.4. The van der Waals surface area contributed by atoms with Crippen LogP contribution in [0.2, 0.25) is 5.02 Å². The fourth-order valence-corrected chi connectivity index (χ4v) is 2.54. The van der Waals surface area contributed by atoms with E-state index in [4.69, 9.17) is 17.3 Å². The average Bonchev–Trinajstić information content (AvgIpc) is 2.61. The molecule has 1 aromatic heterocycles. The van der Waals surface area contributed by atoms with Crippen LogP contribution in [0.25, 0.3) is 0 Å². The normalized spacial score (nSPS) is 10.4. The highest BCUT2D eigenvalue weighted by atomic mass is 35.5. The fourth-order valence-electron chi connectivity index (χ4n) is 2.35. The van der Waals surface area contributed by atoms with Gasteiger partial charge in [-0.15, -0.1) is 0 Å². The van der Waals surface area contributed by atoms with Crippen molar-refractivity contribution >= 4 is 46.2 Å². The second-order valence-corrected chi connectivity index (χ2v) is 5.83. The van der Waals surface area contributed by atoms with E-state index in [-0.39, 0.29) is 17.6 Å². The van der Waals surface area contributed by atoms with Crippen LogP contribution in [0, 0.1) is 10.1 Å². The van der Waals surface area contributed by atoms with E-state index in [0.29, 0.717) is 10.7 Å². The van der Waals surface area contributed by atoms with E-state index in [0.717, 1.165) is 5.69 Å². The predicted molar refractivity (Wildman–Crippen MR) is 102 cm³/mol. The first-order valence-electron chi connectivity index (χ1n) is 7.59. The SMILES string of the molecule is CN(c1ccccc1)c1nc(N)c([N+](=O)[O-])c(Nc2cccc(Cl)c2)n1. The summed E-state index contributed by atoms with van der Waals surface area (Å²) in [6.07, 6.45) is 0. The Morgan fingerprint density at radius 1 is 1.15 bits per heavy atom. The Kier molecular flexibility index (Phi) is 4.85. The highest BCUT2D eigenvalue weighted by molar-refractivity contribution is 6.30. The van der Waals surface area contributed by atoms with Crippen LogP contribution in [0.4, 0.5) is 34.6 Å². The molecule has 9 heteroatoms. The van der Waals surface area contributed by atoms with Crippen molar-refractivity contribution in [3.05, 3.63) is 69.7 Å². The maximum absolute atomic E-state index is 11.4. The summed E-state index contributed by atoms with van der Waals surface area (Å²) < 4.78 is 0. The molecule has 3 aromatic rings. The van der Waals surface area contributed by atoms with Crippen LogP contribution in [0.1, 0.15) is 0 Å². The molecule has 0 spiro atoms. The molecule has 132 valence electrons. The topological polar surface area (TPSA) is 110 Å². The van der Waals surface area contributed by atoms with Crippen molar-refractivity contribution in [2.24, 2.45) is 0 Å². The molecule has 0 bridgehead atoms. The molecule has 3 N–H and O–H groups in total. The third kappa shape index (κ3) is 3.65. The molecule has 0 amide bonds. The average molecular weight is 371 g/mol. The smallest absolute Gasteiger partial charge is 0.353 e. The molecule has 0 aliphatic heterocycles. The number of anilines is 5. The second kappa shape index (κ2) is 7.24. The quantitative estimate of drug-likeness (QED) is 0.513. The lowest BCUT2D eigenvalue weighted by Gasteiger charge is -2.18. The van der Waals surface area contributed by atoms with Crippen LogP contribution in [-0.2, 0) is 0 Å². The Morgan fingerprint density at radius 2 is 1.88 bits per heavy atom. The number of hydrogen-bond acceptors (Lipinski definition) is 7. The van der Waals surface area contributed by atoms with Crippen molar-refractivity contribution in [1.82, 2.24) is 9.97 Å². The van der Waals surface area contributed by atoms with Crippen molar-refractivity contribution in [3.63, 3.8) is 0 Å². The number of nitrogen functional groups attached to an aromatic ring is 1. The second-order valence-electron chi connectivity index (χ2n) is 5.39.